The Balaban J connectivity index is 2.03. The molecule has 15 heavy (non-hydrogen) atoms. The van der Waals surface area contributed by atoms with E-state index in [1.165, 1.54) is 0 Å². The summed E-state index contributed by atoms with van der Waals surface area (Å²) in [6.45, 7) is 0.797. The molecule has 1 fully saturated rings. The zero-order chi connectivity index (χ0) is 10.7. The summed E-state index contributed by atoms with van der Waals surface area (Å²) in [4.78, 5) is 0. The summed E-state index contributed by atoms with van der Waals surface area (Å²) in [6.07, 6.45) is 1.71. The van der Waals surface area contributed by atoms with Gasteiger partial charge in [-0.3, -0.25) is 0 Å². The Morgan fingerprint density at radius 2 is 2.13 bits per heavy atom. The fraction of sp³-hybridized carbons (Fsp3) is 0.500. The fourth-order valence-electron chi connectivity index (χ4n) is 2.07. The van der Waals surface area contributed by atoms with Gasteiger partial charge in [0.15, 0.2) is 0 Å². The average Bonchev–Trinajstić information content (AvgIpc) is 2.71. The van der Waals surface area contributed by atoms with Gasteiger partial charge in [-0.25, -0.2) is 4.39 Å². The van der Waals surface area contributed by atoms with Crippen molar-refractivity contribution in [2.75, 3.05) is 6.54 Å². The number of hydrogen-bond acceptors (Lipinski definition) is 2. The molecule has 1 aromatic rings. The normalized spacial score (nSPS) is 25.1. The van der Waals surface area contributed by atoms with E-state index in [4.69, 9.17) is 0 Å². The van der Waals surface area contributed by atoms with Crippen molar-refractivity contribution in [2.45, 2.75) is 31.2 Å². The van der Waals surface area contributed by atoms with Crippen molar-refractivity contribution >= 4 is 0 Å². The summed E-state index contributed by atoms with van der Waals surface area (Å²) in [7, 11) is 0. The van der Waals surface area contributed by atoms with Crippen LogP contribution in [0.25, 0.3) is 0 Å². The highest BCUT2D eigenvalue weighted by molar-refractivity contribution is 5.17. The van der Waals surface area contributed by atoms with Gasteiger partial charge < -0.3 is 10.4 Å². The zero-order valence-electron chi connectivity index (χ0n) is 8.62. The fourth-order valence-corrected chi connectivity index (χ4v) is 2.07. The molecule has 0 aromatic heterocycles. The molecule has 1 aliphatic heterocycles. The first-order chi connectivity index (χ1) is 7.18. The molecule has 1 heterocycles. The summed E-state index contributed by atoms with van der Waals surface area (Å²) in [5, 5.41) is 12.7. The van der Waals surface area contributed by atoms with Gasteiger partial charge in [0, 0.05) is 6.42 Å². The summed E-state index contributed by atoms with van der Waals surface area (Å²) in [6, 6.07) is 8.84. The van der Waals surface area contributed by atoms with Crippen LogP contribution < -0.4 is 5.32 Å². The first kappa shape index (κ1) is 10.6. The number of hydrogen-bond donors (Lipinski definition) is 2. The molecule has 0 radical (unpaired) electrons. The van der Waals surface area contributed by atoms with Crippen molar-refractivity contribution in [2.24, 2.45) is 0 Å². The van der Waals surface area contributed by atoms with E-state index < -0.39 is 11.9 Å². The summed E-state index contributed by atoms with van der Waals surface area (Å²) in [5.74, 6) is -2.13. The third kappa shape index (κ3) is 2.55. The number of alkyl halides is 1. The van der Waals surface area contributed by atoms with Gasteiger partial charge in [0.25, 0.3) is 0 Å². The molecular weight excluding hydrogens is 193 g/mol. The van der Waals surface area contributed by atoms with Gasteiger partial charge >= 0.3 is 0 Å². The molecule has 0 amide bonds. The van der Waals surface area contributed by atoms with Gasteiger partial charge in [-0.1, -0.05) is 30.3 Å². The zero-order valence-corrected chi connectivity index (χ0v) is 8.62. The molecule has 2 N–H and O–H groups in total. The molecule has 1 saturated heterocycles. The van der Waals surface area contributed by atoms with Crippen LogP contribution in [-0.2, 0) is 6.42 Å². The van der Waals surface area contributed by atoms with Crippen LogP contribution in [0.4, 0.5) is 4.39 Å². The molecule has 0 bridgehead atoms. The molecule has 2 atom stereocenters. The molecule has 0 aliphatic carbocycles. The molecule has 1 aliphatic rings. The van der Waals surface area contributed by atoms with E-state index in [-0.39, 0.29) is 6.42 Å². The van der Waals surface area contributed by atoms with E-state index in [9.17, 15) is 9.50 Å². The topological polar surface area (TPSA) is 32.3 Å². The lowest BCUT2D eigenvalue weighted by molar-refractivity contribution is -0.111. The molecule has 82 valence electrons. The summed E-state index contributed by atoms with van der Waals surface area (Å²) in [5.41, 5.74) is 0.830. The first-order valence-electron chi connectivity index (χ1n) is 5.37. The Bertz CT molecular complexity index is 307. The van der Waals surface area contributed by atoms with Crippen molar-refractivity contribution in [1.29, 1.82) is 0 Å². The standard InChI is InChI=1S/C12H16FNO/c13-12(15,11-7-4-8-14-11)9-10-5-2-1-3-6-10/h1-3,5-6,11,14-15H,4,7-9H2/t11?,12-/m1/s1. The number of aliphatic hydroxyl groups is 1. The summed E-state index contributed by atoms with van der Waals surface area (Å²) >= 11 is 0. The minimum Gasteiger partial charge on any atom is -0.360 e. The average molecular weight is 209 g/mol. The molecule has 3 heteroatoms. The second-order valence-electron chi connectivity index (χ2n) is 4.13. The Morgan fingerprint density at radius 1 is 1.40 bits per heavy atom. The maximum absolute atomic E-state index is 14.0. The second-order valence-corrected chi connectivity index (χ2v) is 4.13. The molecule has 0 spiro atoms. The van der Waals surface area contributed by atoms with E-state index in [0.717, 1.165) is 18.5 Å². The lowest BCUT2D eigenvalue weighted by atomic mass is 9.99. The molecule has 1 aromatic carbocycles. The van der Waals surface area contributed by atoms with E-state index in [0.29, 0.717) is 6.42 Å². The predicted molar refractivity (Wildman–Crippen MR) is 57.2 cm³/mol. The quantitative estimate of drug-likeness (QED) is 0.793. The van der Waals surface area contributed by atoms with Crippen LogP contribution in [-0.4, -0.2) is 23.5 Å². The van der Waals surface area contributed by atoms with Gasteiger partial charge in [0.1, 0.15) is 0 Å². The van der Waals surface area contributed by atoms with Crippen LogP contribution in [0.15, 0.2) is 30.3 Å². The van der Waals surface area contributed by atoms with Gasteiger partial charge in [-0.05, 0) is 24.9 Å². The minimum atomic E-state index is -2.13. The van der Waals surface area contributed by atoms with E-state index in [1.807, 2.05) is 30.3 Å². The Hall–Kier alpha value is -0.930. The number of halogens is 1. The van der Waals surface area contributed by atoms with Gasteiger partial charge in [-0.2, -0.15) is 0 Å². The third-order valence-electron chi connectivity index (χ3n) is 2.89. The van der Waals surface area contributed by atoms with Gasteiger partial charge in [0.05, 0.1) is 6.04 Å². The van der Waals surface area contributed by atoms with Crippen LogP contribution in [0.2, 0.25) is 0 Å². The van der Waals surface area contributed by atoms with Crippen molar-refractivity contribution < 1.29 is 9.50 Å². The van der Waals surface area contributed by atoms with Crippen LogP contribution >= 0.6 is 0 Å². The maximum atomic E-state index is 14.0. The second kappa shape index (κ2) is 4.29. The maximum Gasteiger partial charge on any atom is 0.226 e. The predicted octanol–water partition coefficient (Wildman–Crippen LogP) is 1.64. The molecule has 2 nitrogen and oxygen atoms in total. The molecule has 2 rings (SSSR count). The van der Waals surface area contributed by atoms with Crippen molar-refractivity contribution in [1.82, 2.24) is 5.32 Å². The first-order valence-corrected chi connectivity index (χ1v) is 5.37. The smallest absolute Gasteiger partial charge is 0.226 e. The monoisotopic (exact) mass is 209 g/mol. The van der Waals surface area contributed by atoms with Gasteiger partial charge in [0.2, 0.25) is 5.85 Å². The third-order valence-corrected chi connectivity index (χ3v) is 2.89. The van der Waals surface area contributed by atoms with Crippen molar-refractivity contribution in [3.05, 3.63) is 35.9 Å². The van der Waals surface area contributed by atoms with E-state index >= 15 is 0 Å². The highest BCUT2D eigenvalue weighted by Gasteiger charge is 2.38. The summed E-state index contributed by atoms with van der Waals surface area (Å²) < 4.78 is 14.0. The Kier molecular flexibility index (Phi) is 3.03. The van der Waals surface area contributed by atoms with Crippen molar-refractivity contribution in [3.63, 3.8) is 0 Å². The Labute approximate surface area is 89.1 Å². The minimum absolute atomic E-state index is 0.0610. The van der Waals surface area contributed by atoms with E-state index in [2.05, 4.69) is 5.32 Å². The van der Waals surface area contributed by atoms with Crippen LogP contribution in [0.1, 0.15) is 18.4 Å². The lowest BCUT2D eigenvalue weighted by Crippen LogP contribution is -2.45. The number of nitrogens with one attached hydrogen (secondary N) is 1. The van der Waals surface area contributed by atoms with Crippen LogP contribution in [0.3, 0.4) is 0 Å². The number of rotatable bonds is 3. The Morgan fingerprint density at radius 3 is 2.73 bits per heavy atom. The SMILES string of the molecule is O[C@](F)(Cc1ccccc1)C1CCCN1. The lowest BCUT2D eigenvalue weighted by Gasteiger charge is -2.25. The highest BCUT2D eigenvalue weighted by Crippen LogP contribution is 2.24. The number of benzene rings is 1. The highest BCUT2D eigenvalue weighted by atomic mass is 19.2. The molecular formula is C12H16FNO. The molecule has 0 saturated carbocycles. The molecule has 1 unspecified atom stereocenters. The van der Waals surface area contributed by atoms with Gasteiger partial charge in [-0.15, -0.1) is 0 Å². The van der Waals surface area contributed by atoms with Crippen LogP contribution in [0, 0.1) is 0 Å². The largest absolute Gasteiger partial charge is 0.360 e. The van der Waals surface area contributed by atoms with E-state index in [1.54, 1.807) is 0 Å². The van der Waals surface area contributed by atoms with Crippen molar-refractivity contribution in [3.8, 4) is 0 Å². The van der Waals surface area contributed by atoms with Crippen LogP contribution in [0.5, 0.6) is 0 Å².